The summed E-state index contributed by atoms with van der Waals surface area (Å²) in [6, 6.07) is 15.1. The number of esters is 2. The molecule has 0 atom stereocenters. The molecule has 0 spiro atoms. The van der Waals surface area contributed by atoms with Crippen LogP contribution >= 0.6 is 0 Å². The zero-order chi connectivity index (χ0) is 33.0. The van der Waals surface area contributed by atoms with Gasteiger partial charge in [0.05, 0.1) is 27.4 Å². The zero-order valence-corrected chi connectivity index (χ0v) is 29.1. The molecule has 0 fully saturated rings. The van der Waals surface area contributed by atoms with Gasteiger partial charge in [-0.25, -0.2) is 18.0 Å². The van der Waals surface area contributed by atoms with Crippen molar-refractivity contribution < 1.29 is 88.8 Å². The van der Waals surface area contributed by atoms with Crippen LogP contribution in [-0.2, 0) is 32.9 Å². The minimum atomic E-state index is -5.17. The Morgan fingerprint density at radius 1 is 0.809 bits per heavy atom. The average molecular weight is 677 g/mol. The standard InChI is InChI=1S/C32H30O13S.Na/c1-5-40-32(34)30-21-14-27(45-46(35,36)37)25(39-4)16-23(21)44-28(30)17-42-26-13-20-22(15-24(26)38-3)43-18(2)29(20)31(33)41-12-11-19-9-7-6-8-10-19;/h6-10,13-16H,5,11-12,17H2,1-4H3,(H,35,36,37);/q;+1/p-1. The first-order chi connectivity index (χ1) is 22.0. The number of rotatable bonds is 13. The van der Waals surface area contributed by atoms with E-state index in [1.165, 1.54) is 20.3 Å². The number of hydrogen-bond acceptors (Lipinski definition) is 13. The van der Waals surface area contributed by atoms with Crippen LogP contribution in [0.15, 0.2) is 63.4 Å². The van der Waals surface area contributed by atoms with Crippen molar-refractivity contribution in [3.8, 4) is 23.0 Å². The first kappa shape index (κ1) is 35.6. The van der Waals surface area contributed by atoms with Crippen molar-refractivity contribution in [1.82, 2.24) is 0 Å². The van der Waals surface area contributed by atoms with E-state index in [4.69, 9.17) is 32.5 Å². The molecule has 2 heterocycles. The predicted molar refractivity (Wildman–Crippen MR) is 161 cm³/mol. The van der Waals surface area contributed by atoms with Gasteiger partial charge in [0, 0.05) is 29.3 Å². The number of hydrogen-bond donors (Lipinski definition) is 0. The van der Waals surface area contributed by atoms with Gasteiger partial charge in [0.15, 0.2) is 28.8 Å². The third kappa shape index (κ3) is 8.03. The molecule has 3 aromatic carbocycles. The van der Waals surface area contributed by atoms with Gasteiger partial charge >= 0.3 is 41.5 Å². The minimum Gasteiger partial charge on any atom is -0.716 e. The van der Waals surface area contributed by atoms with Crippen LogP contribution in [-0.4, -0.2) is 52.3 Å². The molecule has 0 unspecified atom stereocenters. The number of carbonyl (C=O) groups excluding carboxylic acids is 2. The third-order valence-electron chi connectivity index (χ3n) is 6.90. The molecule has 0 aliphatic carbocycles. The van der Waals surface area contributed by atoms with Crippen LogP contribution in [0.3, 0.4) is 0 Å². The molecule has 0 aliphatic rings. The van der Waals surface area contributed by atoms with Crippen molar-refractivity contribution in [2.75, 3.05) is 27.4 Å². The second kappa shape index (κ2) is 15.1. The Hall–Kier alpha value is -4.21. The molecule has 5 rings (SSSR count). The summed E-state index contributed by atoms with van der Waals surface area (Å²) in [6.45, 7) is 3.10. The van der Waals surface area contributed by atoms with Gasteiger partial charge < -0.3 is 41.3 Å². The maximum absolute atomic E-state index is 13.1. The van der Waals surface area contributed by atoms with Crippen molar-refractivity contribution in [2.45, 2.75) is 26.9 Å². The van der Waals surface area contributed by atoms with E-state index in [1.54, 1.807) is 26.0 Å². The molecule has 242 valence electrons. The number of fused-ring (bicyclic) bond motifs is 2. The van der Waals surface area contributed by atoms with Crippen molar-refractivity contribution in [2.24, 2.45) is 0 Å². The van der Waals surface area contributed by atoms with E-state index >= 15 is 0 Å². The van der Waals surface area contributed by atoms with Crippen LogP contribution in [0.2, 0.25) is 0 Å². The Morgan fingerprint density at radius 2 is 1.40 bits per heavy atom. The Balaban J connectivity index is 0.00000500. The molecule has 15 heteroatoms. The van der Waals surface area contributed by atoms with Gasteiger partial charge in [-0.2, -0.15) is 0 Å². The fraction of sp³-hybridized carbons (Fsp3) is 0.250. The Bertz CT molecular complexity index is 2010. The summed E-state index contributed by atoms with van der Waals surface area (Å²) in [7, 11) is -2.51. The molecule has 0 radical (unpaired) electrons. The van der Waals surface area contributed by atoms with Crippen LogP contribution < -0.4 is 48.0 Å². The van der Waals surface area contributed by atoms with Gasteiger partial charge in [0.1, 0.15) is 34.7 Å². The number of furan rings is 2. The SMILES string of the molecule is CCOC(=O)c1c(COc2cc3c(C(=O)OCCc4ccccc4)c(C)oc3cc2OC)oc2cc(OC)c(OS(=O)(=O)[O-])cc12.[Na+]. The molecule has 47 heavy (non-hydrogen) atoms. The number of carbonyl (C=O) groups is 2. The summed E-state index contributed by atoms with van der Waals surface area (Å²) in [5.74, 6) is -1.16. The summed E-state index contributed by atoms with van der Waals surface area (Å²) < 4.78 is 77.6. The van der Waals surface area contributed by atoms with Crippen LogP contribution in [0.1, 0.15) is 44.7 Å². The largest absolute Gasteiger partial charge is 1.00 e. The van der Waals surface area contributed by atoms with Crippen molar-refractivity contribution in [3.05, 3.63) is 82.8 Å². The summed E-state index contributed by atoms with van der Waals surface area (Å²) in [5.41, 5.74) is 1.62. The van der Waals surface area contributed by atoms with Crippen molar-refractivity contribution >= 4 is 44.3 Å². The van der Waals surface area contributed by atoms with Gasteiger partial charge in [-0.3, -0.25) is 0 Å². The molecule has 0 bridgehead atoms. The van der Waals surface area contributed by atoms with Crippen LogP contribution in [0, 0.1) is 6.92 Å². The monoisotopic (exact) mass is 676 g/mol. The number of aryl methyl sites for hydroxylation is 1. The Morgan fingerprint density at radius 3 is 2.04 bits per heavy atom. The maximum atomic E-state index is 13.1. The zero-order valence-electron chi connectivity index (χ0n) is 26.2. The molecule has 0 N–H and O–H groups in total. The van der Waals surface area contributed by atoms with Gasteiger partial charge in [0.25, 0.3) is 10.4 Å². The average Bonchev–Trinajstić information content (AvgIpc) is 3.54. The van der Waals surface area contributed by atoms with Crippen LogP contribution in [0.25, 0.3) is 21.9 Å². The van der Waals surface area contributed by atoms with Crippen molar-refractivity contribution in [3.63, 3.8) is 0 Å². The normalized spacial score (nSPS) is 11.2. The molecule has 0 aliphatic heterocycles. The second-order valence-electron chi connectivity index (χ2n) is 9.80. The van der Waals surface area contributed by atoms with E-state index in [-0.39, 0.29) is 94.5 Å². The van der Waals surface area contributed by atoms with E-state index in [0.29, 0.717) is 23.2 Å². The topological polar surface area (TPSA) is 173 Å². The van der Waals surface area contributed by atoms with E-state index < -0.39 is 28.1 Å². The molecule has 2 aromatic heterocycles. The summed E-state index contributed by atoms with van der Waals surface area (Å²) >= 11 is 0. The molecule has 0 amide bonds. The fourth-order valence-electron chi connectivity index (χ4n) is 4.89. The quantitative estimate of drug-likeness (QED) is 0.0771. The summed E-state index contributed by atoms with van der Waals surface area (Å²) in [4.78, 5) is 26.1. The molecular formula is C32H29NaO13S. The van der Waals surface area contributed by atoms with Gasteiger partial charge in [-0.1, -0.05) is 30.3 Å². The fourth-order valence-corrected chi connectivity index (χ4v) is 5.24. The first-order valence-electron chi connectivity index (χ1n) is 13.9. The van der Waals surface area contributed by atoms with E-state index in [1.807, 2.05) is 30.3 Å². The van der Waals surface area contributed by atoms with Crippen molar-refractivity contribution in [1.29, 1.82) is 0 Å². The third-order valence-corrected chi connectivity index (χ3v) is 7.28. The molecule has 13 nitrogen and oxygen atoms in total. The van der Waals surface area contributed by atoms with E-state index in [0.717, 1.165) is 11.6 Å². The summed E-state index contributed by atoms with van der Waals surface area (Å²) in [6.07, 6.45) is 0.538. The number of methoxy groups -OCH3 is 2. The number of ether oxygens (including phenoxy) is 5. The van der Waals surface area contributed by atoms with Gasteiger partial charge in [-0.05, 0) is 31.5 Å². The maximum Gasteiger partial charge on any atom is 1.00 e. The van der Waals surface area contributed by atoms with Crippen LogP contribution in [0.4, 0.5) is 0 Å². The number of benzene rings is 3. The second-order valence-corrected chi connectivity index (χ2v) is 10.8. The molecule has 0 saturated heterocycles. The molecule has 5 aromatic rings. The van der Waals surface area contributed by atoms with E-state index in [9.17, 15) is 22.6 Å². The molecular weight excluding hydrogens is 647 g/mol. The summed E-state index contributed by atoms with van der Waals surface area (Å²) in [5, 5.41) is 0.503. The Kier molecular flexibility index (Phi) is 11.5. The predicted octanol–water partition coefficient (Wildman–Crippen LogP) is 2.50. The molecule has 0 saturated carbocycles. The van der Waals surface area contributed by atoms with Gasteiger partial charge in [0.2, 0.25) is 0 Å². The Labute approximate surface area is 291 Å². The minimum absolute atomic E-state index is 0. The van der Waals surface area contributed by atoms with Gasteiger partial charge in [-0.15, -0.1) is 0 Å². The van der Waals surface area contributed by atoms with Crippen LogP contribution in [0.5, 0.6) is 23.0 Å². The smallest absolute Gasteiger partial charge is 0.716 e. The first-order valence-corrected chi connectivity index (χ1v) is 15.3. The van der Waals surface area contributed by atoms with E-state index in [2.05, 4.69) is 4.18 Å².